The van der Waals surface area contributed by atoms with Crippen LogP contribution in [-0.2, 0) is 4.79 Å². The molecule has 0 radical (unpaired) electrons. The largest absolute Gasteiger partial charge is 0.478 e. The molecule has 0 atom stereocenters. The number of nitrogens with zero attached hydrogens (tertiary/aromatic N) is 1. The third-order valence-corrected chi connectivity index (χ3v) is 2.69. The maximum Gasteiger partial charge on any atom is 0.335 e. The summed E-state index contributed by atoms with van der Waals surface area (Å²) in [5, 5.41) is 11.7. The Morgan fingerprint density at radius 2 is 2.29 bits per heavy atom. The van der Waals surface area contributed by atoms with E-state index in [0.29, 0.717) is 5.69 Å². The summed E-state index contributed by atoms with van der Waals surface area (Å²) in [4.78, 5) is 24.3. The molecule has 17 heavy (non-hydrogen) atoms. The summed E-state index contributed by atoms with van der Waals surface area (Å²) in [7, 11) is 0. The van der Waals surface area contributed by atoms with E-state index in [1.54, 1.807) is 12.1 Å². The average molecular weight is 234 g/mol. The first-order chi connectivity index (χ1) is 8.11. The van der Waals surface area contributed by atoms with Gasteiger partial charge in [-0.05, 0) is 24.6 Å². The van der Waals surface area contributed by atoms with E-state index in [1.165, 1.54) is 6.07 Å². The first kappa shape index (κ1) is 11.4. The zero-order chi connectivity index (χ0) is 12.4. The van der Waals surface area contributed by atoms with Crippen molar-refractivity contribution < 1.29 is 14.7 Å². The second-order valence-electron chi connectivity index (χ2n) is 4.01. The Balaban J connectivity index is 2.42. The van der Waals surface area contributed by atoms with E-state index in [2.05, 4.69) is 5.32 Å². The van der Waals surface area contributed by atoms with Crippen LogP contribution in [0.1, 0.15) is 23.7 Å². The summed E-state index contributed by atoms with van der Waals surface area (Å²) in [5.74, 6) is -1.02. The summed E-state index contributed by atoms with van der Waals surface area (Å²) < 4.78 is 0. The number of hydrogen-bond donors (Lipinski definition) is 2. The van der Waals surface area contributed by atoms with Crippen molar-refractivity contribution in [2.75, 3.05) is 23.3 Å². The van der Waals surface area contributed by atoms with Gasteiger partial charge in [0.15, 0.2) is 0 Å². The van der Waals surface area contributed by atoms with Crippen LogP contribution in [0.4, 0.5) is 11.4 Å². The van der Waals surface area contributed by atoms with E-state index in [4.69, 9.17) is 5.11 Å². The highest BCUT2D eigenvalue weighted by Gasteiger charge is 2.22. The van der Waals surface area contributed by atoms with E-state index in [-0.39, 0.29) is 18.0 Å². The zero-order valence-corrected chi connectivity index (χ0v) is 9.56. The lowest BCUT2D eigenvalue weighted by Crippen LogP contribution is -2.38. The molecule has 1 amide bonds. The van der Waals surface area contributed by atoms with Crippen LogP contribution >= 0.6 is 0 Å². The van der Waals surface area contributed by atoms with Crippen molar-refractivity contribution in [1.82, 2.24) is 0 Å². The number of benzene rings is 1. The summed E-state index contributed by atoms with van der Waals surface area (Å²) in [6, 6.07) is 4.74. The Morgan fingerprint density at radius 3 is 2.94 bits per heavy atom. The Bertz CT molecular complexity index is 471. The topological polar surface area (TPSA) is 69.6 Å². The number of rotatable bonds is 3. The molecule has 90 valence electrons. The minimum Gasteiger partial charge on any atom is -0.478 e. The van der Waals surface area contributed by atoms with Crippen LogP contribution < -0.4 is 10.2 Å². The lowest BCUT2D eigenvalue weighted by molar-refractivity contribution is -0.115. The Morgan fingerprint density at radius 1 is 1.53 bits per heavy atom. The molecule has 2 N–H and O–H groups in total. The number of hydrogen-bond acceptors (Lipinski definition) is 3. The fraction of sp³-hybridized carbons (Fsp3) is 0.333. The SMILES string of the molecule is CCCN1CC(=O)Nc2ccc(C(=O)O)cc21. The van der Waals surface area contributed by atoms with Gasteiger partial charge in [0.05, 0.1) is 23.5 Å². The van der Waals surface area contributed by atoms with E-state index >= 15 is 0 Å². The quantitative estimate of drug-likeness (QED) is 0.832. The van der Waals surface area contributed by atoms with Crippen molar-refractivity contribution >= 4 is 23.3 Å². The Labute approximate surface area is 99.0 Å². The molecule has 1 heterocycles. The lowest BCUT2D eigenvalue weighted by Gasteiger charge is -2.30. The normalized spacial score (nSPS) is 14.2. The number of anilines is 2. The van der Waals surface area contributed by atoms with Gasteiger partial charge in [0.25, 0.3) is 0 Å². The number of aromatic carboxylic acids is 1. The van der Waals surface area contributed by atoms with Gasteiger partial charge in [-0.15, -0.1) is 0 Å². The molecule has 0 spiro atoms. The van der Waals surface area contributed by atoms with Crippen molar-refractivity contribution in [3.8, 4) is 0 Å². The predicted molar refractivity (Wildman–Crippen MR) is 64.5 cm³/mol. The van der Waals surface area contributed by atoms with Crippen LogP contribution in [0.3, 0.4) is 0 Å². The van der Waals surface area contributed by atoms with Gasteiger partial charge in [0.1, 0.15) is 0 Å². The van der Waals surface area contributed by atoms with Crippen LogP contribution in [0, 0.1) is 0 Å². The highest BCUT2D eigenvalue weighted by atomic mass is 16.4. The van der Waals surface area contributed by atoms with Crippen molar-refractivity contribution in [2.45, 2.75) is 13.3 Å². The summed E-state index contributed by atoms with van der Waals surface area (Å²) >= 11 is 0. The highest BCUT2D eigenvalue weighted by Crippen LogP contribution is 2.30. The minimum absolute atomic E-state index is 0.0611. The van der Waals surface area contributed by atoms with Gasteiger partial charge in [-0.1, -0.05) is 6.92 Å². The first-order valence-electron chi connectivity index (χ1n) is 5.54. The molecule has 0 unspecified atom stereocenters. The summed E-state index contributed by atoms with van der Waals surface area (Å²) in [5.41, 5.74) is 1.70. The Hall–Kier alpha value is -2.04. The van der Waals surface area contributed by atoms with E-state index in [1.807, 2.05) is 11.8 Å². The number of carbonyl (C=O) groups excluding carboxylic acids is 1. The van der Waals surface area contributed by atoms with Gasteiger partial charge in [0.2, 0.25) is 5.91 Å². The monoisotopic (exact) mass is 234 g/mol. The van der Waals surface area contributed by atoms with Crippen molar-refractivity contribution in [3.63, 3.8) is 0 Å². The molecule has 2 rings (SSSR count). The number of carboxylic acids is 1. The van der Waals surface area contributed by atoms with E-state index in [9.17, 15) is 9.59 Å². The van der Waals surface area contributed by atoms with Gasteiger partial charge < -0.3 is 15.3 Å². The third kappa shape index (κ3) is 2.22. The van der Waals surface area contributed by atoms with Gasteiger partial charge in [0, 0.05) is 6.54 Å². The molecule has 0 bridgehead atoms. The van der Waals surface area contributed by atoms with Gasteiger partial charge in [-0.3, -0.25) is 4.79 Å². The van der Waals surface area contributed by atoms with Gasteiger partial charge in [-0.25, -0.2) is 4.79 Å². The molecule has 1 aliphatic rings. The third-order valence-electron chi connectivity index (χ3n) is 2.69. The van der Waals surface area contributed by atoms with Crippen molar-refractivity contribution in [3.05, 3.63) is 23.8 Å². The molecule has 0 saturated carbocycles. The standard InChI is InChI=1S/C12H14N2O3/c1-2-5-14-7-11(15)13-9-4-3-8(12(16)17)6-10(9)14/h3-4,6H,2,5,7H2,1H3,(H,13,15)(H,16,17). The van der Waals surface area contributed by atoms with E-state index in [0.717, 1.165) is 18.7 Å². The smallest absolute Gasteiger partial charge is 0.335 e. The predicted octanol–water partition coefficient (Wildman–Crippen LogP) is 1.55. The molecule has 0 saturated heterocycles. The summed E-state index contributed by atoms with van der Waals surface area (Å²) in [6.07, 6.45) is 0.907. The number of carboxylic acid groups (broad SMARTS) is 1. The van der Waals surface area contributed by atoms with E-state index < -0.39 is 5.97 Å². The van der Waals surface area contributed by atoms with Gasteiger partial charge >= 0.3 is 5.97 Å². The van der Waals surface area contributed by atoms with Crippen LogP contribution in [0.15, 0.2) is 18.2 Å². The number of fused-ring (bicyclic) bond motifs is 1. The van der Waals surface area contributed by atoms with Crippen LogP contribution in [0.25, 0.3) is 0 Å². The molecule has 1 aromatic rings. The molecule has 1 aliphatic heterocycles. The maximum atomic E-state index is 11.5. The fourth-order valence-corrected chi connectivity index (χ4v) is 1.95. The second kappa shape index (κ2) is 4.45. The highest BCUT2D eigenvalue weighted by molar-refractivity contribution is 6.02. The molecule has 5 nitrogen and oxygen atoms in total. The zero-order valence-electron chi connectivity index (χ0n) is 9.56. The number of carbonyl (C=O) groups is 2. The molecular formula is C12H14N2O3. The minimum atomic E-state index is -0.957. The molecule has 0 aromatic heterocycles. The Kier molecular flexibility index (Phi) is 2.99. The molecular weight excluding hydrogens is 220 g/mol. The van der Waals surface area contributed by atoms with Crippen molar-refractivity contribution in [2.24, 2.45) is 0 Å². The maximum absolute atomic E-state index is 11.5. The second-order valence-corrected chi connectivity index (χ2v) is 4.01. The van der Waals surface area contributed by atoms with Crippen LogP contribution in [-0.4, -0.2) is 30.1 Å². The van der Waals surface area contributed by atoms with Gasteiger partial charge in [-0.2, -0.15) is 0 Å². The molecule has 0 aliphatic carbocycles. The lowest BCUT2D eigenvalue weighted by atomic mass is 10.1. The fourth-order valence-electron chi connectivity index (χ4n) is 1.95. The molecule has 5 heteroatoms. The summed E-state index contributed by atoms with van der Waals surface area (Å²) in [6.45, 7) is 3.04. The molecule has 1 aromatic carbocycles. The first-order valence-corrected chi connectivity index (χ1v) is 5.54. The molecule has 0 fully saturated rings. The van der Waals surface area contributed by atoms with Crippen LogP contribution in [0.5, 0.6) is 0 Å². The van der Waals surface area contributed by atoms with Crippen molar-refractivity contribution in [1.29, 1.82) is 0 Å². The van der Waals surface area contributed by atoms with Crippen LogP contribution in [0.2, 0.25) is 0 Å². The number of nitrogens with one attached hydrogen (secondary N) is 1. The average Bonchev–Trinajstić information content (AvgIpc) is 2.28. The number of amides is 1.